The normalized spacial score (nSPS) is 18.7. The van der Waals surface area contributed by atoms with Crippen LogP contribution in [0.2, 0.25) is 0 Å². The molecule has 1 amide bonds. The van der Waals surface area contributed by atoms with Gasteiger partial charge in [0.25, 0.3) is 0 Å². The lowest BCUT2D eigenvalue weighted by Crippen LogP contribution is -2.36. The van der Waals surface area contributed by atoms with Crippen molar-refractivity contribution in [3.05, 3.63) is 82.5 Å². The summed E-state index contributed by atoms with van der Waals surface area (Å²) >= 11 is 0. The smallest absolute Gasteiger partial charge is 0.417 e. The first-order valence-electron chi connectivity index (χ1n) is 10.00. The third-order valence-corrected chi connectivity index (χ3v) is 5.53. The lowest BCUT2D eigenvalue weighted by atomic mass is 9.73. The summed E-state index contributed by atoms with van der Waals surface area (Å²) in [7, 11) is 3.85. The molecule has 1 unspecified atom stereocenters. The van der Waals surface area contributed by atoms with E-state index >= 15 is 0 Å². The van der Waals surface area contributed by atoms with Gasteiger partial charge < -0.3 is 19.5 Å². The predicted octanol–water partition coefficient (Wildman–Crippen LogP) is 3.36. The average molecular weight is 438 g/mol. The Bertz CT molecular complexity index is 1010. The number of hydrogen-bond donors (Lipinski definition) is 1. The van der Waals surface area contributed by atoms with E-state index in [-0.39, 0.29) is 17.1 Å². The summed E-state index contributed by atoms with van der Waals surface area (Å²) in [5.74, 6) is -2.29. The number of hydrogen-bond acceptors (Lipinski definition) is 7. The van der Waals surface area contributed by atoms with Crippen LogP contribution in [0.15, 0.2) is 76.9 Å². The highest BCUT2D eigenvalue weighted by atomic mass is 16.5. The molecule has 0 saturated carbocycles. The predicted molar refractivity (Wildman–Crippen MR) is 117 cm³/mol. The lowest BCUT2D eigenvalue weighted by molar-refractivity contribution is -0.137. The van der Waals surface area contributed by atoms with Crippen LogP contribution in [0.4, 0.5) is 4.79 Å². The van der Waals surface area contributed by atoms with E-state index < -0.39 is 23.9 Å². The molecule has 32 heavy (non-hydrogen) atoms. The minimum atomic E-state index is -0.807. The maximum Gasteiger partial charge on any atom is 0.417 e. The number of nitrogens with one attached hydrogen (secondary N) is 1. The number of allylic oxidation sites excluding steroid dienone is 4. The minimum absolute atomic E-state index is 0.269. The number of dihydropyridines is 1. The maximum absolute atomic E-state index is 12.9. The summed E-state index contributed by atoms with van der Waals surface area (Å²) in [4.78, 5) is 39.3. The SMILES string of the molecule is COC(=O)C1=C(C)NC(C)=C(C(=O)OC)C1C1=CN(C(=O)OC)C=CC1c1ccccc1. The second-order valence-corrected chi connectivity index (χ2v) is 7.35. The molecule has 1 atom stereocenters. The van der Waals surface area contributed by atoms with Crippen LogP contribution in [-0.4, -0.2) is 44.3 Å². The van der Waals surface area contributed by atoms with Crippen LogP contribution in [0.5, 0.6) is 0 Å². The Labute approximate surface area is 186 Å². The van der Waals surface area contributed by atoms with E-state index in [0.717, 1.165) is 5.56 Å². The second kappa shape index (κ2) is 9.55. The van der Waals surface area contributed by atoms with E-state index in [2.05, 4.69) is 5.32 Å². The summed E-state index contributed by atoms with van der Waals surface area (Å²) in [5, 5.41) is 3.09. The van der Waals surface area contributed by atoms with Crippen LogP contribution in [-0.2, 0) is 23.8 Å². The van der Waals surface area contributed by atoms with Crippen LogP contribution < -0.4 is 5.32 Å². The Balaban J connectivity index is 2.28. The summed E-state index contributed by atoms with van der Waals surface area (Å²) in [6, 6.07) is 9.60. The van der Waals surface area contributed by atoms with Gasteiger partial charge in [0.05, 0.1) is 38.4 Å². The number of carbonyl (C=O) groups is 3. The number of methoxy groups -OCH3 is 3. The molecule has 0 fully saturated rings. The fourth-order valence-corrected chi connectivity index (χ4v) is 4.10. The van der Waals surface area contributed by atoms with E-state index in [1.165, 1.54) is 26.2 Å². The molecule has 0 saturated heterocycles. The summed E-state index contributed by atoms with van der Waals surface area (Å²) < 4.78 is 15.0. The molecule has 2 aliphatic heterocycles. The van der Waals surface area contributed by atoms with Crippen molar-refractivity contribution >= 4 is 18.0 Å². The molecule has 8 nitrogen and oxygen atoms in total. The summed E-state index contributed by atoms with van der Waals surface area (Å²) in [6.07, 6.45) is 4.45. The summed E-state index contributed by atoms with van der Waals surface area (Å²) in [6.45, 7) is 3.48. The molecule has 168 valence electrons. The van der Waals surface area contributed by atoms with Crippen LogP contribution >= 0.6 is 0 Å². The Kier molecular flexibility index (Phi) is 6.82. The van der Waals surface area contributed by atoms with Crippen molar-refractivity contribution in [3.8, 4) is 0 Å². The molecule has 1 aromatic carbocycles. The van der Waals surface area contributed by atoms with E-state index in [4.69, 9.17) is 14.2 Å². The molecule has 2 aliphatic rings. The first-order chi connectivity index (χ1) is 15.3. The number of esters is 2. The first-order valence-corrected chi connectivity index (χ1v) is 10.00. The van der Waals surface area contributed by atoms with Gasteiger partial charge in [-0.15, -0.1) is 0 Å². The number of ether oxygens (including phenoxy) is 3. The zero-order chi connectivity index (χ0) is 23.4. The molecule has 3 rings (SSSR count). The number of nitrogens with zero attached hydrogens (tertiary/aromatic N) is 1. The number of carbonyl (C=O) groups excluding carboxylic acids is 3. The van der Waals surface area contributed by atoms with Gasteiger partial charge in [-0.3, -0.25) is 4.90 Å². The van der Waals surface area contributed by atoms with Crippen molar-refractivity contribution < 1.29 is 28.6 Å². The largest absolute Gasteiger partial charge is 0.466 e. The molecule has 0 spiro atoms. The zero-order valence-electron chi connectivity index (χ0n) is 18.7. The van der Waals surface area contributed by atoms with Crippen molar-refractivity contribution in [2.75, 3.05) is 21.3 Å². The Hall–Kier alpha value is -3.81. The molecule has 2 heterocycles. The first kappa shape index (κ1) is 22.9. The Morgan fingerprint density at radius 2 is 1.44 bits per heavy atom. The van der Waals surface area contributed by atoms with E-state index in [9.17, 15) is 14.4 Å². The molecular weight excluding hydrogens is 412 g/mol. The van der Waals surface area contributed by atoms with Gasteiger partial charge in [-0.2, -0.15) is 0 Å². The fraction of sp³-hybridized carbons (Fsp3) is 0.292. The van der Waals surface area contributed by atoms with Gasteiger partial charge in [0, 0.05) is 29.7 Å². The van der Waals surface area contributed by atoms with Crippen molar-refractivity contribution in [3.63, 3.8) is 0 Å². The van der Waals surface area contributed by atoms with E-state index in [1.807, 2.05) is 36.4 Å². The van der Waals surface area contributed by atoms with Gasteiger partial charge >= 0.3 is 18.0 Å². The molecule has 0 bridgehead atoms. The second-order valence-electron chi connectivity index (χ2n) is 7.35. The van der Waals surface area contributed by atoms with Gasteiger partial charge in [-0.25, -0.2) is 14.4 Å². The van der Waals surface area contributed by atoms with Crippen LogP contribution in [0, 0.1) is 5.92 Å². The quantitative estimate of drug-likeness (QED) is 0.569. The zero-order valence-corrected chi connectivity index (χ0v) is 18.7. The van der Waals surface area contributed by atoms with Crippen LogP contribution in [0.25, 0.3) is 0 Å². The van der Waals surface area contributed by atoms with Gasteiger partial charge in [-0.05, 0) is 25.0 Å². The standard InChI is InChI=1S/C24H26N2O6/c1-14-19(22(27)30-3)21(20(15(2)25-14)23(28)31-4)18-13-26(24(29)32-5)12-11-17(18)16-9-7-6-8-10-16/h6-13,17,21,25H,1-5H3. The van der Waals surface area contributed by atoms with Gasteiger partial charge in [0.15, 0.2) is 0 Å². The van der Waals surface area contributed by atoms with Crippen LogP contribution in [0.1, 0.15) is 25.3 Å². The van der Waals surface area contributed by atoms with E-state index in [1.54, 1.807) is 26.2 Å². The lowest BCUT2D eigenvalue weighted by Gasteiger charge is -2.36. The highest BCUT2D eigenvalue weighted by molar-refractivity contribution is 5.99. The molecule has 8 heteroatoms. The van der Waals surface area contributed by atoms with Crippen molar-refractivity contribution in [1.29, 1.82) is 0 Å². The molecule has 1 aromatic rings. The third kappa shape index (κ3) is 4.16. The molecule has 0 aliphatic carbocycles. The van der Waals surface area contributed by atoms with Gasteiger partial charge in [-0.1, -0.05) is 36.4 Å². The van der Waals surface area contributed by atoms with Crippen molar-refractivity contribution in [1.82, 2.24) is 10.2 Å². The topological polar surface area (TPSA) is 94.2 Å². The Morgan fingerprint density at radius 1 is 0.875 bits per heavy atom. The molecule has 0 aromatic heterocycles. The van der Waals surface area contributed by atoms with Crippen LogP contribution in [0.3, 0.4) is 0 Å². The number of amides is 1. The van der Waals surface area contributed by atoms with Crippen molar-refractivity contribution in [2.45, 2.75) is 19.8 Å². The van der Waals surface area contributed by atoms with Gasteiger partial charge in [0.1, 0.15) is 0 Å². The molecule has 1 N–H and O–H groups in total. The maximum atomic E-state index is 12.9. The van der Waals surface area contributed by atoms with Gasteiger partial charge in [0.2, 0.25) is 0 Å². The average Bonchev–Trinajstić information content (AvgIpc) is 2.82. The monoisotopic (exact) mass is 438 g/mol. The van der Waals surface area contributed by atoms with E-state index in [0.29, 0.717) is 17.0 Å². The number of benzene rings is 1. The number of rotatable bonds is 4. The highest BCUT2D eigenvalue weighted by Gasteiger charge is 2.42. The highest BCUT2D eigenvalue weighted by Crippen LogP contribution is 2.44. The van der Waals surface area contributed by atoms with Crippen molar-refractivity contribution in [2.24, 2.45) is 5.92 Å². The minimum Gasteiger partial charge on any atom is -0.466 e. The fourth-order valence-electron chi connectivity index (χ4n) is 4.10. The third-order valence-electron chi connectivity index (χ3n) is 5.53. The summed E-state index contributed by atoms with van der Waals surface area (Å²) in [5.41, 5.74) is 3.21. The Morgan fingerprint density at radius 3 is 1.94 bits per heavy atom. The molecule has 0 radical (unpaired) electrons. The molecular formula is C24H26N2O6.